The molecule has 0 atom stereocenters. The fraction of sp³-hybridized carbons (Fsp3) is 0.0800. The highest BCUT2D eigenvalue weighted by atomic mass is 35.5. The normalized spacial score (nSPS) is 14.9. The Morgan fingerprint density at radius 2 is 1.57 bits per heavy atom. The van der Waals surface area contributed by atoms with Crippen LogP contribution in [0.1, 0.15) is 16.7 Å². The van der Waals surface area contributed by atoms with Gasteiger partial charge in [-0.2, -0.15) is 0 Å². The summed E-state index contributed by atoms with van der Waals surface area (Å²) in [6, 6.07) is 14.0. The van der Waals surface area contributed by atoms with Crippen LogP contribution in [0, 0.1) is 6.92 Å². The van der Waals surface area contributed by atoms with Crippen molar-refractivity contribution in [3.63, 3.8) is 0 Å². The molecule has 1 aliphatic rings. The van der Waals surface area contributed by atoms with E-state index in [1.165, 1.54) is 24.3 Å². The average Bonchev–Trinajstić information content (AvgIpc) is 2.79. The Morgan fingerprint density at radius 3 is 2.23 bits per heavy atom. The molecule has 3 aromatic carbocycles. The molecule has 1 N–H and O–H groups in total. The van der Waals surface area contributed by atoms with Crippen LogP contribution in [0.3, 0.4) is 0 Å². The highest BCUT2D eigenvalue weighted by Crippen LogP contribution is 2.36. The number of benzene rings is 3. The number of carbonyl (C=O) groups excluding carboxylic acids is 3. The summed E-state index contributed by atoms with van der Waals surface area (Å²) < 4.78 is 5.75. The zero-order valence-electron chi connectivity index (χ0n) is 18.1. The first-order valence-electron chi connectivity index (χ1n) is 10.2. The fourth-order valence-electron chi connectivity index (χ4n) is 3.35. The Balaban J connectivity index is 1.62. The summed E-state index contributed by atoms with van der Waals surface area (Å²) in [5, 5.41) is 3.40. The number of hydrogen-bond donors (Lipinski definition) is 1. The van der Waals surface area contributed by atoms with Crippen molar-refractivity contribution < 1.29 is 19.1 Å². The van der Waals surface area contributed by atoms with Crippen LogP contribution in [-0.4, -0.2) is 17.8 Å². The molecule has 1 fully saturated rings. The third kappa shape index (κ3) is 5.31. The van der Waals surface area contributed by atoms with Gasteiger partial charge >= 0.3 is 6.03 Å². The molecule has 0 saturated carbocycles. The van der Waals surface area contributed by atoms with Crippen molar-refractivity contribution in [2.45, 2.75) is 13.5 Å². The number of imide groups is 2. The number of halogens is 4. The second kappa shape index (κ2) is 10.3. The number of anilines is 1. The van der Waals surface area contributed by atoms with Crippen molar-refractivity contribution >= 4 is 76.0 Å². The SMILES string of the molecule is Cc1ccc(N2C(=O)NC(=O)/C(=C/c3cc(Cl)c(OCc4ccccc4Cl)c(Cl)c3)C2=O)cc1Cl. The number of nitrogens with zero attached hydrogens (tertiary/aromatic N) is 1. The van der Waals surface area contributed by atoms with E-state index in [0.717, 1.165) is 16.0 Å². The third-order valence-electron chi connectivity index (χ3n) is 5.18. The maximum absolute atomic E-state index is 13.1. The number of amides is 4. The van der Waals surface area contributed by atoms with E-state index in [-0.39, 0.29) is 33.7 Å². The van der Waals surface area contributed by atoms with E-state index in [2.05, 4.69) is 5.32 Å². The van der Waals surface area contributed by atoms with Gasteiger partial charge in [-0.3, -0.25) is 14.9 Å². The van der Waals surface area contributed by atoms with Gasteiger partial charge in [0.2, 0.25) is 0 Å². The summed E-state index contributed by atoms with van der Waals surface area (Å²) in [6.45, 7) is 1.92. The van der Waals surface area contributed by atoms with Gasteiger partial charge in [0.1, 0.15) is 12.2 Å². The molecule has 0 aromatic heterocycles. The Labute approximate surface area is 221 Å². The molecule has 4 amide bonds. The zero-order chi connectivity index (χ0) is 25.3. The Morgan fingerprint density at radius 1 is 0.886 bits per heavy atom. The predicted octanol–water partition coefficient (Wildman–Crippen LogP) is 6.85. The van der Waals surface area contributed by atoms with Crippen molar-refractivity contribution in [2.24, 2.45) is 0 Å². The van der Waals surface area contributed by atoms with Crippen molar-refractivity contribution in [3.05, 3.63) is 97.0 Å². The average molecular weight is 550 g/mol. The van der Waals surface area contributed by atoms with Crippen molar-refractivity contribution in [1.29, 1.82) is 0 Å². The van der Waals surface area contributed by atoms with Crippen LogP contribution in [0.2, 0.25) is 20.1 Å². The van der Waals surface area contributed by atoms with Crippen LogP contribution in [0.15, 0.2) is 60.2 Å². The van der Waals surface area contributed by atoms with Gasteiger partial charge in [0, 0.05) is 15.6 Å². The molecule has 0 bridgehead atoms. The predicted molar refractivity (Wildman–Crippen MR) is 137 cm³/mol. The minimum atomic E-state index is -0.878. The molecule has 4 rings (SSSR count). The second-order valence-electron chi connectivity index (χ2n) is 7.59. The number of urea groups is 1. The lowest BCUT2D eigenvalue weighted by atomic mass is 10.1. The lowest BCUT2D eigenvalue weighted by Crippen LogP contribution is -2.54. The number of aryl methyl sites for hydroxylation is 1. The molecule has 35 heavy (non-hydrogen) atoms. The number of carbonyl (C=O) groups is 3. The molecule has 1 saturated heterocycles. The van der Waals surface area contributed by atoms with Gasteiger partial charge in [0.25, 0.3) is 11.8 Å². The van der Waals surface area contributed by atoms with E-state index >= 15 is 0 Å². The van der Waals surface area contributed by atoms with E-state index in [4.69, 9.17) is 51.1 Å². The monoisotopic (exact) mass is 548 g/mol. The molecule has 10 heteroatoms. The van der Waals surface area contributed by atoms with Crippen molar-refractivity contribution in [3.8, 4) is 5.75 Å². The van der Waals surface area contributed by atoms with E-state index < -0.39 is 17.8 Å². The summed E-state index contributed by atoms with van der Waals surface area (Å²) in [6.07, 6.45) is 1.29. The molecule has 0 unspecified atom stereocenters. The lowest BCUT2D eigenvalue weighted by molar-refractivity contribution is -0.122. The van der Waals surface area contributed by atoms with E-state index in [1.807, 2.05) is 12.1 Å². The maximum atomic E-state index is 13.1. The van der Waals surface area contributed by atoms with Crippen LogP contribution in [-0.2, 0) is 16.2 Å². The number of ether oxygens (including phenoxy) is 1. The highest BCUT2D eigenvalue weighted by molar-refractivity contribution is 6.40. The van der Waals surface area contributed by atoms with Gasteiger partial charge in [-0.15, -0.1) is 0 Å². The number of rotatable bonds is 5. The minimum Gasteiger partial charge on any atom is -0.486 e. The number of hydrogen-bond acceptors (Lipinski definition) is 4. The van der Waals surface area contributed by atoms with Gasteiger partial charge in [-0.25, -0.2) is 9.69 Å². The first-order valence-corrected chi connectivity index (χ1v) is 11.7. The van der Waals surface area contributed by atoms with Crippen LogP contribution in [0.25, 0.3) is 6.08 Å². The quantitative estimate of drug-likeness (QED) is 0.279. The summed E-state index contributed by atoms with van der Waals surface area (Å²) in [5.74, 6) is -1.44. The van der Waals surface area contributed by atoms with Crippen LogP contribution in [0.4, 0.5) is 10.5 Å². The molecule has 0 aliphatic carbocycles. The maximum Gasteiger partial charge on any atom is 0.335 e. The molecule has 6 nitrogen and oxygen atoms in total. The highest BCUT2D eigenvalue weighted by Gasteiger charge is 2.37. The van der Waals surface area contributed by atoms with Crippen LogP contribution >= 0.6 is 46.4 Å². The number of nitrogens with one attached hydrogen (secondary N) is 1. The lowest BCUT2D eigenvalue weighted by Gasteiger charge is -2.26. The molecule has 1 aliphatic heterocycles. The second-order valence-corrected chi connectivity index (χ2v) is 9.21. The third-order valence-corrected chi connectivity index (χ3v) is 6.51. The Hall–Kier alpha value is -3.03. The topological polar surface area (TPSA) is 75.7 Å². The molecular weight excluding hydrogens is 534 g/mol. The van der Waals surface area contributed by atoms with Gasteiger partial charge < -0.3 is 4.74 Å². The van der Waals surface area contributed by atoms with Gasteiger partial charge in [-0.05, 0) is 54.5 Å². The molecule has 0 radical (unpaired) electrons. The Kier molecular flexibility index (Phi) is 7.38. The molecule has 0 spiro atoms. The van der Waals surface area contributed by atoms with Crippen molar-refractivity contribution in [2.75, 3.05) is 4.90 Å². The van der Waals surface area contributed by atoms with E-state index in [9.17, 15) is 14.4 Å². The van der Waals surface area contributed by atoms with E-state index in [1.54, 1.807) is 31.2 Å². The number of barbiturate groups is 1. The molecule has 1 heterocycles. The summed E-state index contributed by atoms with van der Waals surface area (Å²) in [4.78, 5) is 38.8. The van der Waals surface area contributed by atoms with Gasteiger partial charge in [-0.1, -0.05) is 70.7 Å². The molecule has 178 valence electrons. The molecular formula is C25H16Cl4N2O4. The summed E-state index contributed by atoms with van der Waals surface area (Å²) in [5.41, 5.74) is 1.82. The molecule has 3 aromatic rings. The largest absolute Gasteiger partial charge is 0.486 e. The van der Waals surface area contributed by atoms with Crippen molar-refractivity contribution in [1.82, 2.24) is 5.32 Å². The fourth-order valence-corrected chi connectivity index (χ4v) is 4.32. The first-order chi connectivity index (χ1) is 16.7. The summed E-state index contributed by atoms with van der Waals surface area (Å²) in [7, 11) is 0. The first kappa shape index (κ1) is 25.1. The van der Waals surface area contributed by atoms with Gasteiger partial charge in [0.05, 0.1) is 15.7 Å². The van der Waals surface area contributed by atoms with Gasteiger partial charge in [0.15, 0.2) is 5.75 Å². The minimum absolute atomic E-state index is 0.136. The van der Waals surface area contributed by atoms with E-state index in [0.29, 0.717) is 15.6 Å². The smallest absolute Gasteiger partial charge is 0.335 e. The zero-order valence-corrected chi connectivity index (χ0v) is 21.1. The Bertz CT molecular complexity index is 1380. The summed E-state index contributed by atoms with van der Waals surface area (Å²) >= 11 is 25.1. The van der Waals surface area contributed by atoms with Crippen LogP contribution in [0.5, 0.6) is 5.75 Å². The van der Waals surface area contributed by atoms with Crippen LogP contribution < -0.4 is 15.0 Å². The standard InChI is InChI=1S/C25H16Cl4N2O4/c1-13-6-7-16(11-19(13)27)31-24(33)17(23(32)30-25(31)34)8-14-9-20(28)22(21(29)10-14)35-12-15-4-2-3-5-18(15)26/h2-11H,12H2,1H3,(H,30,32,34)/b17-8-.